The van der Waals surface area contributed by atoms with E-state index in [0.29, 0.717) is 33.6 Å². The summed E-state index contributed by atoms with van der Waals surface area (Å²) in [6.45, 7) is 3.96. The van der Waals surface area contributed by atoms with E-state index in [1.165, 1.54) is 6.21 Å². The third-order valence-corrected chi connectivity index (χ3v) is 3.70. The third kappa shape index (κ3) is 3.53. The Balaban J connectivity index is 2.08. The van der Waals surface area contributed by atoms with Crippen LogP contribution in [0.4, 0.5) is 5.13 Å². The number of hydrazone groups is 1. The van der Waals surface area contributed by atoms with E-state index in [2.05, 4.69) is 15.5 Å². The SMILES string of the molecule is CCOc1cccc(/C=N\NC(=O)c2sc(N)nc2C)c1O. The molecule has 1 aromatic carbocycles. The van der Waals surface area contributed by atoms with Crippen molar-refractivity contribution in [3.8, 4) is 11.5 Å². The van der Waals surface area contributed by atoms with Gasteiger partial charge in [0.1, 0.15) is 4.88 Å². The van der Waals surface area contributed by atoms with Crippen molar-refractivity contribution in [1.82, 2.24) is 10.4 Å². The average molecular weight is 320 g/mol. The number of nitrogens with zero attached hydrogens (tertiary/aromatic N) is 2. The van der Waals surface area contributed by atoms with Crippen LogP contribution in [0.2, 0.25) is 0 Å². The van der Waals surface area contributed by atoms with Gasteiger partial charge in [0.25, 0.3) is 5.91 Å². The Kier molecular flexibility index (Phi) is 4.95. The minimum atomic E-state index is -0.400. The van der Waals surface area contributed by atoms with Gasteiger partial charge in [0, 0.05) is 5.56 Å². The Morgan fingerprint density at radius 3 is 3.00 bits per heavy atom. The molecule has 0 radical (unpaired) electrons. The van der Waals surface area contributed by atoms with Crippen molar-refractivity contribution in [1.29, 1.82) is 0 Å². The number of nitrogen functional groups attached to an aromatic ring is 1. The Bertz CT molecular complexity index is 712. The predicted molar refractivity (Wildman–Crippen MR) is 85.6 cm³/mol. The van der Waals surface area contributed by atoms with Crippen LogP contribution < -0.4 is 15.9 Å². The number of anilines is 1. The number of hydrogen-bond donors (Lipinski definition) is 3. The van der Waals surface area contributed by atoms with Gasteiger partial charge < -0.3 is 15.6 Å². The van der Waals surface area contributed by atoms with Crippen molar-refractivity contribution in [3.63, 3.8) is 0 Å². The highest BCUT2D eigenvalue weighted by Crippen LogP contribution is 2.28. The molecule has 0 aliphatic carbocycles. The summed E-state index contributed by atoms with van der Waals surface area (Å²) in [5.74, 6) is -0.0622. The second-order valence-corrected chi connectivity index (χ2v) is 5.32. The molecule has 116 valence electrons. The number of thiazole rings is 1. The topological polar surface area (TPSA) is 110 Å². The quantitative estimate of drug-likeness (QED) is 0.576. The van der Waals surface area contributed by atoms with E-state index in [1.807, 2.05) is 6.92 Å². The largest absolute Gasteiger partial charge is 0.504 e. The van der Waals surface area contributed by atoms with Crippen LogP contribution >= 0.6 is 11.3 Å². The van der Waals surface area contributed by atoms with Gasteiger partial charge >= 0.3 is 0 Å². The van der Waals surface area contributed by atoms with Crippen LogP contribution in [0.15, 0.2) is 23.3 Å². The fourth-order valence-corrected chi connectivity index (χ4v) is 2.48. The zero-order valence-corrected chi connectivity index (χ0v) is 13.0. The lowest BCUT2D eigenvalue weighted by Crippen LogP contribution is -2.17. The second-order valence-electron chi connectivity index (χ2n) is 4.29. The molecule has 8 heteroatoms. The lowest BCUT2D eigenvalue weighted by molar-refractivity contribution is 0.0958. The van der Waals surface area contributed by atoms with Crippen molar-refractivity contribution in [3.05, 3.63) is 34.3 Å². The molecule has 7 nitrogen and oxygen atoms in total. The molecule has 0 saturated heterocycles. The summed E-state index contributed by atoms with van der Waals surface area (Å²) in [6.07, 6.45) is 1.34. The number of para-hydroxylation sites is 1. The summed E-state index contributed by atoms with van der Waals surface area (Å²) in [5, 5.41) is 14.2. The molecular formula is C14H16N4O3S. The van der Waals surface area contributed by atoms with Crippen LogP contribution in [-0.4, -0.2) is 28.8 Å². The molecule has 0 unspecified atom stereocenters. The van der Waals surface area contributed by atoms with Crippen LogP contribution in [0, 0.1) is 6.92 Å². The maximum Gasteiger partial charge on any atom is 0.283 e. The van der Waals surface area contributed by atoms with Crippen molar-refractivity contribution in [2.45, 2.75) is 13.8 Å². The smallest absolute Gasteiger partial charge is 0.283 e. The number of benzene rings is 1. The Hall–Kier alpha value is -2.61. The summed E-state index contributed by atoms with van der Waals surface area (Å²) in [7, 11) is 0. The van der Waals surface area contributed by atoms with E-state index >= 15 is 0 Å². The summed E-state index contributed by atoms with van der Waals surface area (Å²) < 4.78 is 5.27. The molecule has 1 amide bonds. The maximum atomic E-state index is 11.9. The number of carbonyl (C=O) groups excluding carboxylic acids is 1. The van der Waals surface area contributed by atoms with Crippen molar-refractivity contribution < 1.29 is 14.6 Å². The van der Waals surface area contributed by atoms with E-state index in [4.69, 9.17) is 10.5 Å². The fraction of sp³-hybridized carbons (Fsp3) is 0.214. The third-order valence-electron chi connectivity index (χ3n) is 2.72. The Morgan fingerprint density at radius 2 is 2.36 bits per heavy atom. The molecule has 22 heavy (non-hydrogen) atoms. The number of nitrogens with two attached hydrogens (primary N) is 1. The average Bonchev–Trinajstić information content (AvgIpc) is 2.82. The number of aromatic nitrogens is 1. The number of carbonyl (C=O) groups is 1. The number of ether oxygens (including phenoxy) is 1. The fourth-order valence-electron chi connectivity index (χ4n) is 1.75. The molecule has 0 aliphatic rings. The van der Waals surface area contributed by atoms with E-state index in [9.17, 15) is 9.90 Å². The first-order valence-electron chi connectivity index (χ1n) is 6.54. The van der Waals surface area contributed by atoms with Gasteiger partial charge in [0.05, 0.1) is 18.5 Å². The minimum absolute atomic E-state index is 0.0273. The van der Waals surface area contributed by atoms with E-state index in [-0.39, 0.29) is 5.75 Å². The lowest BCUT2D eigenvalue weighted by Gasteiger charge is -2.07. The first-order chi connectivity index (χ1) is 10.5. The van der Waals surface area contributed by atoms with Crippen LogP contribution in [-0.2, 0) is 0 Å². The lowest BCUT2D eigenvalue weighted by atomic mass is 10.2. The van der Waals surface area contributed by atoms with Gasteiger partial charge in [-0.3, -0.25) is 4.79 Å². The highest BCUT2D eigenvalue weighted by atomic mass is 32.1. The molecule has 0 saturated carbocycles. The van der Waals surface area contributed by atoms with Gasteiger partial charge in [-0.2, -0.15) is 5.10 Å². The van der Waals surface area contributed by atoms with Gasteiger partial charge in [-0.15, -0.1) is 0 Å². The molecule has 0 fully saturated rings. The predicted octanol–water partition coefficient (Wildman–Crippen LogP) is 1.90. The molecule has 1 aromatic heterocycles. The van der Waals surface area contributed by atoms with Crippen LogP contribution in [0.25, 0.3) is 0 Å². The van der Waals surface area contributed by atoms with Crippen molar-refractivity contribution in [2.75, 3.05) is 12.3 Å². The zero-order valence-electron chi connectivity index (χ0n) is 12.2. The molecule has 1 heterocycles. The van der Waals surface area contributed by atoms with E-state index < -0.39 is 5.91 Å². The monoisotopic (exact) mass is 320 g/mol. The summed E-state index contributed by atoms with van der Waals surface area (Å²) in [5.41, 5.74) is 8.91. The van der Waals surface area contributed by atoms with Crippen LogP contribution in [0.1, 0.15) is 27.9 Å². The summed E-state index contributed by atoms with van der Waals surface area (Å²) in [6, 6.07) is 5.03. The standard InChI is InChI=1S/C14H16N4O3S/c1-3-21-10-6-4-5-9(11(10)19)7-16-18-13(20)12-8(2)17-14(15)22-12/h4-7,19H,3H2,1-2H3,(H2,15,17)(H,18,20)/b16-7-. The molecule has 2 rings (SSSR count). The number of amides is 1. The number of hydrogen-bond acceptors (Lipinski definition) is 7. The molecule has 0 aliphatic heterocycles. The number of rotatable bonds is 5. The summed E-state index contributed by atoms with van der Waals surface area (Å²) in [4.78, 5) is 16.3. The Morgan fingerprint density at radius 1 is 1.59 bits per heavy atom. The van der Waals surface area contributed by atoms with Crippen LogP contribution in [0.5, 0.6) is 11.5 Å². The normalized spacial score (nSPS) is 10.8. The number of phenols is 1. The van der Waals surface area contributed by atoms with Gasteiger partial charge in [-0.1, -0.05) is 17.4 Å². The van der Waals surface area contributed by atoms with Crippen molar-refractivity contribution >= 4 is 28.6 Å². The summed E-state index contributed by atoms with van der Waals surface area (Å²) >= 11 is 1.09. The highest BCUT2D eigenvalue weighted by molar-refractivity contribution is 7.17. The first kappa shape index (κ1) is 15.8. The highest BCUT2D eigenvalue weighted by Gasteiger charge is 2.13. The number of aromatic hydroxyl groups is 1. The number of aryl methyl sites for hydroxylation is 1. The molecule has 2 aromatic rings. The van der Waals surface area contributed by atoms with Gasteiger partial charge in [-0.25, -0.2) is 10.4 Å². The minimum Gasteiger partial charge on any atom is -0.504 e. The molecule has 0 bridgehead atoms. The van der Waals surface area contributed by atoms with E-state index in [1.54, 1.807) is 25.1 Å². The number of nitrogens with one attached hydrogen (secondary N) is 1. The first-order valence-corrected chi connectivity index (χ1v) is 7.35. The maximum absolute atomic E-state index is 11.9. The molecule has 4 N–H and O–H groups in total. The number of phenolic OH excluding ortho intramolecular Hbond substituents is 1. The van der Waals surface area contributed by atoms with Crippen LogP contribution in [0.3, 0.4) is 0 Å². The Labute approximate surface area is 131 Å². The van der Waals surface area contributed by atoms with Gasteiger partial charge in [0.2, 0.25) is 0 Å². The second kappa shape index (κ2) is 6.90. The molecule has 0 spiro atoms. The van der Waals surface area contributed by atoms with E-state index in [0.717, 1.165) is 11.3 Å². The van der Waals surface area contributed by atoms with Crippen molar-refractivity contribution in [2.24, 2.45) is 5.10 Å². The molecule has 0 atom stereocenters. The molecular weight excluding hydrogens is 304 g/mol. The van der Waals surface area contributed by atoms with Gasteiger partial charge in [-0.05, 0) is 26.0 Å². The van der Waals surface area contributed by atoms with Gasteiger partial charge in [0.15, 0.2) is 16.6 Å². The zero-order chi connectivity index (χ0) is 16.1.